The van der Waals surface area contributed by atoms with Gasteiger partial charge >= 0.3 is 12.6 Å². The summed E-state index contributed by atoms with van der Waals surface area (Å²) in [5.41, 5.74) is 1.74. The zero-order valence-electron chi connectivity index (χ0n) is 13.5. The Morgan fingerprint density at radius 1 is 1.12 bits per heavy atom. The maximum absolute atomic E-state index is 12.2. The number of anilines is 1. The molecule has 0 aliphatic carbocycles. The molecule has 0 aliphatic heterocycles. The minimum absolute atomic E-state index is 0.0123. The molecule has 0 fully saturated rings. The van der Waals surface area contributed by atoms with Gasteiger partial charge in [-0.25, -0.2) is 4.79 Å². The Labute approximate surface area is 143 Å². The van der Waals surface area contributed by atoms with E-state index in [0.29, 0.717) is 5.69 Å². The molecule has 2 aromatic rings. The third-order valence-corrected chi connectivity index (χ3v) is 3.28. The second-order valence-electron chi connectivity index (χ2n) is 5.08. The van der Waals surface area contributed by atoms with Gasteiger partial charge in [-0.1, -0.05) is 25.1 Å². The summed E-state index contributed by atoms with van der Waals surface area (Å²) in [5.74, 6) is -1.47. The molecule has 0 spiro atoms. The zero-order chi connectivity index (χ0) is 18.2. The molecule has 1 N–H and O–H groups in total. The van der Waals surface area contributed by atoms with E-state index in [1.807, 2.05) is 19.1 Å². The van der Waals surface area contributed by atoms with Crippen LogP contribution in [0.1, 0.15) is 22.8 Å². The van der Waals surface area contributed by atoms with Gasteiger partial charge in [0.15, 0.2) is 6.61 Å². The molecule has 0 bridgehead atoms. The largest absolute Gasteiger partial charge is 0.452 e. The number of hydrogen-bond acceptors (Lipinski definition) is 4. The average Bonchev–Trinajstić information content (AvgIpc) is 2.60. The Morgan fingerprint density at radius 2 is 1.84 bits per heavy atom. The fraction of sp³-hybridized carbons (Fsp3) is 0.222. The van der Waals surface area contributed by atoms with Crippen molar-refractivity contribution in [2.45, 2.75) is 20.0 Å². The molecule has 7 heteroatoms. The average molecular weight is 349 g/mol. The summed E-state index contributed by atoms with van der Waals surface area (Å²) < 4.78 is 33.4. The van der Waals surface area contributed by atoms with Crippen LogP contribution in [0.4, 0.5) is 14.5 Å². The van der Waals surface area contributed by atoms with Crippen LogP contribution >= 0.6 is 0 Å². The number of rotatable bonds is 7. The van der Waals surface area contributed by atoms with E-state index in [-0.39, 0.29) is 11.3 Å². The Bertz CT molecular complexity index is 732. The molecule has 2 rings (SSSR count). The second-order valence-corrected chi connectivity index (χ2v) is 5.08. The maximum Gasteiger partial charge on any atom is 0.387 e. The van der Waals surface area contributed by atoms with E-state index in [9.17, 15) is 18.4 Å². The molecule has 0 unspecified atom stereocenters. The van der Waals surface area contributed by atoms with Gasteiger partial charge in [-0.15, -0.1) is 0 Å². The lowest BCUT2D eigenvalue weighted by molar-refractivity contribution is -0.119. The first-order valence-corrected chi connectivity index (χ1v) is 7.58. The number of alkyl halides is 2. The number of ether oxygens (including phenoxy) is 2. The summed E-state index contributed by atoms with van der Waals surface area (Å²) in [4.78, 5) is 23.7. The monoisotopic (exact) mass is 349 g/mol. The first kappa shape index (κ1) is 18.4. The van der Waals surface area contributed by atoms with Crippen LogP contribution < -0.4 is 10.1 Å². The molecule has 0 radical (unpaired) electrons. The normalized spacial score (nSPS) is 10.4. The van der Waals surface area contributed by atoms with Crippen LogP contribution in [0.3, 0.4) is 0 Å². The summed E-state index contributed by atoms with van der Waals surface area (Å²) in [5, 5.41) is 2.60. The van der Waals surface area contributed by atoms with Gasteiger partial charge in [-0.3, -0.25) is 4.79 Å². The first-order chi connectivity index (χ1) is 12.0. The van der Waals surface area contributed by atoms with Gasteiger partial charge in [0.25, 0.3) is 5.91 Å². The molecule has 0 atom stereocenters. The highest BCUT2D eigenvalue weighted by atomic mass is 19.3. The van der Waals surface area contributed by atoms with Crippen molar-refractivity contribution in [3.63, 3.8) is 0 Å². The summed E-state index contributed by atoms with van der Waals surface area (Å²) in [6.07, 6.45) is 0.889. The third kappa shape index (κ3) is 5.87. The van der Waals surface area contributed by atoms with Crippen LogP contribution in [0.5, 0.6) is 5.75 Å². The molecule has 0 aromatic heterocycles. The molecular weight excluding hydrogens is 332 g/mol. The molecular formula is C18H17F2NO4. The number of nitrogens with one attached hydrogen (secondary N) is 1. The lowest BCUT2D eigenvalue weighted by atomic mass is 10.1. The second kappa shape index (κ2) is 8.77. The quantitative estimate of drug-likeness (QED) is 0.775. The predicted octanol–water partition coefficient (Wildman–Crippen LogP) is 3.65. The van der Waals surface area contributed by atoms with Gasteiger partial charge in [0.05, 0.1) is 5.56 Å². The SMILES string of the molecule is CCc1ccc(NC(=O)COC(=O)c2cccc(OC(F)F)c2)cc1. The van der Waals surface area contributed by atoms with E-state index in [1.54, 1.807) is 12.1 Å². The highest BCUT2D eigenvalue weighted by Gasteiger charge is 2.12. The van der Waals surface area contributed by atoms with Gasteiger partial charge in [0.2, 0.25) is 0 Å². The number of benzene rings is 2. The smallest absolute Gasteiger partial charge is 0.387 e. The number of aryl methyl sites for hydroxylation is 1. The van der Waals surface area contributed by atoms with E-state index in [1.165, 1.54) is 18.2 Å². The number of hydrogen-bond donors (Lipinski definition) is 1. The van der Waals surface area contributed by atoms with Crippen LogP contribution in [0.2, 0.25) is 0 Å². The van der Waals surface area contributed by atoms with Crippen LogP contribution in [-0.4, -0.2) is 25.1 Å². The molecule has 132 valence electrons. The molecule has 2 aromatic carbocycles. The molecule has 0 saturated carbocycles. The molecule has 0 heterocycles. The number of halogens is 2. The van der Waals surface area contributed by atoms with Crippen molar-refractivity contribution < 1.29 is 27.8 Å². The van der Waals surface area contributed by atoms with Crippen molar-refractivity contribution in [1.29, 1.82) is 0 Å². The lowest BCUT2D eigenvalue weighted by Crippen LogP contribution is -2.21. The summed E-state index contributed by atoms with van der Waals surface area (Å²) in [6, 6.07) is 12.4. The Hall–Kier alpha value is -2.96. The first-order valence-electron chi connectivity index (χ1n) is 7.58. The zero-order valence-corrected chi connectivity index (χ0v) is 13.5. The standard InChI is InChI=1S/C18H17F2NO4/c1-2-12-6-8-14(9-7-12)21-16(22)11-24-17(23)13-4-3-5-15(10-13)25-18(19)20/h3-10,18H,2,11H2,1H3,(H,21,22). The van der Waals surface area contributed by atoms with E-state index in [4.69, 9.17) is 4.74 Å². The van der Waals surface area contributed by atoms with Crippen LogP contribution in [0, 0.1) is 0 Å². The Kier molecular flexibility index (Phi) is 6.45. The van der Waals surface area contributed by atoms with Gasteiger partial charge in [0, 0.05) is 5.69 Å². The minimum atomic E-state index is -2.99. The van der Waals surface area contributed by atoms with E-state index in [2.05, 4.69) is 10.1 Å². The van der Waals surface area contributed by atoms with Crippen LogP contribution in [0.25, 0.3) is 0 Å². The summed E-state index contributed by atoms with van der Waals surface area (Å²) in [6.45, 7) is -1.46. The highest BCUT2D eigenvalue weighted by Crippen LogP contribution is 2.16. The lowest BCUT2D eigenvalue weighted by Gasteiger charge is -2.08. The van der Waals surface area contributed by atoms with Crippen LogP contribution in [-0.2, 0) is 16.0 Å². The maximum atomic E-state index is 12.2. The van der Waals surface area contributed by atoms with E-state index < -0.39 is 25.1 Å². The van der Waals surface area contributed by atoms with Gasteiger partial charge in [-0.05, 0) is 42.3 Å². The van der Waals surface area contributed by atoms with Crippen molar-refractivity contribution in [3.05, 3.63) is 59.7 Å². The van der Waals surface area contributed by atoms with E-state index >= 15 is 0 Å². The fourth-order valence-electron chi connectivity index (χ4n) is 2.03. The highest BCUT2D eigenvalue weighted by molar-refractivity contribution is 5.95. The molecule has 0 saturated heterocycles. The van der Waals surface area contributed by atoms with E-state index in [0.717, 1.165) is 18.1 Å². The molecule has 1 amide bonds. The summed E-state index contributed by atoms with van der Waals surface area (Å²) in [7, 11) is 0. The minimum Gasteiger partial charge on any atom is -0.452 e. The van der Waals surface area contributed by atoms with Crippen molar-refractivity contribution >= 4 is 17.6 Å². The van der Waals surface area contributed by atoms with Crippen molar-refractivity contribution in [1.82, 2.24) is 0 Å². The topological polar surface area (TPSA) is 64.6 Å². The van der Waals surface area contributed by atoms with Gasteiger partial charge < -0.3 is 14.8 Å². The number of amides is 1. The van der Waals surface area contributed by atoms with Gasteiger partial charge in [0.1, 0.15) is 5.75 Å². The predicted molar refractivity (Wildman–Crippen MR) is 87.8 cm³/mol. The number of carbonyl (C=O) groups is 2. The fourth-order valence-corrected chi connectivity index (χ4v) is 2.03. The summed E-state index contributed by atoms with van der Waals surface area (Å²) >= 11 is 0. The van der Waals surface area contributed by atoms with Crippen LogP contribution in [0.15, 0.2) is 48.5 Å². The molecule has 25 heavy (non-hydrogen) atoms. The Morgan fingerprint density at radius 3 is 2.48 bits per heavy atom. The van der Waals surface area contributed by atoms with Gasteiger partial charge in [-0.2, -0.15) is 8.78 Å². The number of esters is 1. The van der Waals surface area contributed by atoms with Crippen molar-refractivity contribution in [2.24, 2.45) is 0 Å². The third-order valence-electron chi connectivity index (χ3n) is 3.28. The Balaban J connectivity index is 1.87. The molecule has 5 nitrogen and oxygen atoms in total. The number of carbonyl (C=O) groups excluding carboxylic acids is 2. The van der Waals surface area contributed by atoms with Crippen molar-refractivity contribution in [3.8, 4) is 5.75 Å². The van der Waals surface area contributed by atoms with Crippen molar-refractivity contribution in [2.75, 3.05) is 11.9 Å². The molecule has 0 aliphatic rings.